The summed E-state index contributed by atoms with van der Waals surface area (Å²) < 4.78 is 5.95. The highest BCUT2D eigenvalue weighted by Crippen LogP contribution is 2.21. The van der Waals surface area contributed by atoms with Gasteiger partial charge in [0.25, 0.3) is 5.91 Å². The number of hydrogen-bond donors (Lipinski definition) is 3. The normalized spacial score (nSPS) is 14.3. The Morgan fingerprint density at radius 2 is 2.04 bits per heavy atom. The van der Waals surface area contributed by atoms with Crippen LogP contribution >= 0.6 is 0 Å². The molecule has 1 saturated heterocycles. The maximum atomic E-state index is 10.9. The van der Waals surface area contributed by atoms with Gasteiger partial charge >= 0.3 is 0 Å². The predicted molar refractivity (Wildman–Crippen MR) is 106 cm³/mol. The van der Waals surface area contributed by atoms with Crippen molar-refractivity contribution in [2.45, 2.75) is 19.4 Å². The van der Waals surface area contributed by atoms with E-state index in [9.17, 15) is 4.79 Å². The molecule has 1 amide bonds. The SMILES string of the molecule is O=C(C=Cc1cnc(NCCOc2ccccc2CN2CCCC2)cn1)NO. The maximum Gasteiger partial charge on any atom is 0.267 e. The molecule has 28 heavy (non-hydrogen) atoms. The largest absolute Gasteiger partial charge is 0.491 e. The summed E-state index contributed by atoms with van der Waals surface area (Å²) in [6.07, 6.45) is 8.30. The number of hydrogen-bond acceptors (Lipinski definition) is 7. The number of benzene rings is 1. The first kappa shape index (κ1) is 19.8. The summed E-state index contributed by atoms with van der Waals surface area (Å²) in [5, 5.41) is 11.6. The van der Waals surface area contributed by atoms with Crippen molar-refractivity contribution in [3.8, 4) is 5.75 Å². The number of rotatable bonds is 9. The Labute approximate surface area is 164 Å². The molecule has 8 nitrogen and oxygen atoms in total. The van der Waals surface area contributed by atoms with Gasteiger partial charge in [0.05, 0.1) is 24.6 Å². The molecule has 1 aromatic carbocycles. The minimum absolute atomic E-state index is 0.511. The van der Waals surface area contributed by atoms with Gasteiger partial charge in [0.15, 0.2) is 0 Å². The van der Waals surface area contributed by atoms with Crippen molar-refractivity contribution in [2.75, 3.05) is 31.6 Å². The number of hydroxylamine groups is 1. The van der Waals surface area contributed by atoms with Crippen molar-refractivity contribution in [3.63, 3.8) is 0 Å². The minimum Gasteiger partial charge on any atom is -0.491 e. The van der Waals surface area contributed by atoms with E-state index >= 15 is 0 Å². The molecule has 1 aliphatic rings. The fraction of sp³-hybridized carbons (Fsp3) is 0.350. The number of likely N-dealkylation sites (tertiary alicyclic amines) is 1. The van der Waals surface area contributed by atoms with Crippen LogP contribution < -0.4 is 15.5 Å². The molecule has 148 valence electrons. The number of amides is 1. The van der Waals surface area contributed by atoms with Crippen molar-refractivity contribution in [3.05, 3.63) is 54.0 Å². The Hall–Kier alpha value is -2.97. The molecule has 2 heterocycles. The lowest BCUT2D eigenvalue weighted by atomic mass is 10.2. The number of carbonyl (C=O) groups is 1. The van der Waals surface area contributed by atoms with Gasteiger partial charge < -0.3 is 10.1 Å². The Morgan fingerprint density at radius 1 is 1.21 bits per heavy atom. The standard InChI is InChI=1S/C20H25N5O3/c26-20(24-27)8-7-17-13-23-19(14-22-17)21-9-12-28-18-6-2-1-5-16(18)15-25-10-3-4-11-25/h1-2,5-8,13-14,27H,3-4,9-12,15H2,(H,21,23)(H,24,26). The van der Waals surface area contributed by atoms with Gasteiger partial charge in [-0.2, -0.15) is 0 Å². The third-order valence-corrected chi connectivity index (χ3v) is 4.42. The van der Waals surface area contributed by atoms with Gasteiger partial charge in [0.1, 0.15) is 18.2 Å². The van der Waals surface area contributed by atoms with Crippen LogP contribution in [-0.4, -0.2) is 52.2 Å². The fourth-order valence-electron chi connectivity index (χ4n) is 3.01. The first-order valence-electron chi connectivity index (χ1n) is 9.36. The number of carbonyl (C=O) groups excluding carboxylic acids is 1. The number of nitrogens with one attached hydrogen (secondary N) is 2. The van der Waals surface area contributed by atoms with Crippen molar-refractivity contribution in [1.82, 2.24) is 20.3 Å². The number of anilines is 1. The molecule has 0 saturated carbocycles. The van der Waals surface area contributed by atoms with E-state index in [-0.39, 0.29) is 0 Å². The lowest BCUT2D eigenvalue weighted by molar-refractivity contribution is -0.124. The van der Waals surface area contributed by atoms with Crippen molar-refractivity contribution in [2.24, 2.45) is 0 Å². The quantitative estimate of drug-likeness (QED) is 0.264. The Balaban J connectivity index is 1.44. The molecule has 2 aromatic rings. The molecule has 0 atom stereocenters. The summed E-state index contributed by atoms with van der Waals surface area (Å²) in [6.45, 7) is 4.35. The van der Waals surface area contributed by atoms with E-state index in [4.69, 9.17) is 9.94 Å². The van der Waals surface area contributed by atoms with Crippen molar-refractivity contribution < 1.29 is 14.7 Å². The van der Waals surface area contributed by atoms with E-state index in [0.29, 0.717) is 24.7 Å². The van der Waals surface area contributed by atoms with E-state index < -0.39 is 5.91 Å². The van der Waals surface area contributed by atoms with Crippen LogP contribution in [0, 0.1) is 0 Å². The Morgan fingerprint density at radius 3 is 2.79 bits per heavy atom. The first-order chi connectivity index (χ1) is 13.7. The average Bonchev–Trinajstić information content (AvgIpc) is 3.24. The predicted octanol–water partition coefficient (Wildman–Crippen LogP) is 2.08. The summed E-state index contributed by atoms with van der Waals surface area (Å²) in [5.74, 6) is 0.925. The molecule has 8 heteroatoms. The molecule has 0 radical (unpaired) electrons. The zero-order valence-corrected chi connectivity index (χ0v) is 15.7. The number of nitrogens with zero attached hydrogens (tertiary/aromatic N) is 3. The number of aromatic nitrogens is 2. The third kappa shape index (κ3) is 6.04. The van der Waals surface area contributed by atoms with Crippen LogP contribution in [0.3, 0.4) is 0 Å². The topological polar surface area (TPSA) is 99.6 Å². The van der Waals surface area contributed by atoms with Gasteiger partial charge in [-0.1, -0.05) is 18.2 Å². The Kier molecular flexibility index (Phi) is 7.34. The molecule has 0 aliphatic carbocycles. The van der Waals surface area contributed by atoms with E-state index in [2.05, 4.69) is 26.3 Å². The summed E-state index contributed by atoms with van der Waals surface area (Å²) >= 11 is 0. The van der Waals surface area contributed by atoms with Crippen LogP contribution in [-0.2, 0) is 11.3 Å². The summed E-state index contributed by atoms with van der Waals surface area (Å²) in [6, 6.07) is 8.17. The molecule has 1 fully saturated rings. The van der Waals surface area contributed by atoms with Gasteiger partial charge in [-0.05, 0) is 38.1 Å². The third-order valence-electron chi connectivity index (χ3n) is 4.42. The van der Waals surface area contributed by atoms with Crippen molar-refractivity contribution >= 4 is 17.8 Å². The van der Waals surface area contributed by atoms with E-state index in [1.54, 1.807) is 6.20 Å². The lowest BCUT2D eigenvalue weighted by Crippen LogP contribution is -2.19. The van der Waals surface area contributed by atoms with E-state index in [1.165, 1.54) is 42.2 Å². The van der Waals surface area contributed by atoms with E-state index in [1.807, 2.05) is 18.2 Å². The lowest BCUT2D eigenvalue weighted by Gasteiger charge is -2.17. The first-order valence-corrected chi connectivity index (χ1v) is 9.36. The van der Waals surface area contributed by atoms with Crippen LogP contribution in [0.4, 0.5) is 5.82 Å². The minimum atomic E-state index is -0.619. The molecule has 0 unspecified atom stereocenters. The zero-order chi connectivity index (χ0) is 19.6. The van der Waals surface area contributed by atoms with Gasteiger partial charge in [-0.25, -0.2) is 10.5 Å². The average molecular weight is 383 g/mol. The molecule has 1 aromatic heterocycles. The molecule has 0 bridgehead atoms. The highest BCUT2D eigenvalue weighted by molar-refractivity contribution is 5.90. The summed E-state index contributed by atoms with van der Waals surface area (Å²) in [5.41, 5.74) is 3.25. The van der Waals surface area contributed by atoms with Gasteiger partial charge in [0, 0.05) is 18.2 Å². The highest BCUT2D eigenvalue weighted by Gasteiger charge is 2.13. The van der Waals surface area contributed by atoms with E-state index in [0.717, 1.165) is 25.4 Å². The molecule has 3 rings (SSSR count). The van der Waals surface area contributed by atoms with Crippen LogP contribution in [0.15, 0.2) is 42.7 Å². The number of ether oxygens (including phenoxy) is 1. The second-order valence-electron chi connectivity index (χ2n) is 6.50. The highest BCUT2D eigenvalue weighted by atomic mass is 16.5. The van der Waals surface area contributed by atoms with Crippen LogP contribution in [0.5, 0.6) is 5.75 Å². The van der Waals surface area contributed by atoms with Crippen LogP contribution in [0.1, 0.15) is 24.1 Å². The summed E-state index contributed by atoms with van der Waals surface area (Å²) in [4.78, 5) is 21.8. The second-order valence-corrected chi connectivity index (χ2v) is 6.50. The van der Waals surface area contributed by atoms with Gasteiger partial charge in [0.2, 0.25) is 0 Å². The molecular weight excluding hydrogens is 358 g/mol. The maximum absolute atomic E-state index is 10.9. The molecular formula is C20H25N5O3. The van der Waals surface area contributed by atoms with Gasteiger partial charge in [-0.3, -0.25) is 19.9 Å². The van der Waals surface area contributed by atoms with Crippen molar-refractivity contribution in [1.29, 1.82) is 0 Å². The van der Waals surface area contributed by atoms with Crippen LogP contribution in [0.25, 0.3) is 6.08 Å². The Bertz CT molecular complexity index is 789. The monoisotopic (exact) mass is 383 g/mol. The zero-order valence-electron chi connectivity index (χ0n) is 15.7. The van der Waals surface area contributed by atoms with Crippen LogP contribution in [0.2, 0.25) is 0 Å². The second kappa shape index (κ2) is 10.4. The smallest absolute Gasteiger partial charge is 0.267 e. The molecule has 1 aliphatic heterocycles. The fourth-order valence-corrected chi connectivity index (χ4v) is 3.01. The summed E-state index contributed by atoms with van der Waals surface area (Å²) in [7, 11) is 0. The number of para-hydroxylation sites is 1. The molecule has 3 N–H and O–H groups in total. The molecule has 0 spiro atoms. The van der Waals surface area contributed by atoms with Gasteiger partial charge in [-0.15, -0.1) is 0 Å².